The molecule has 0 amide bonds. The largest absolute Gasteiger partial charge is 0.310 e. The molecule has 0 bridgehead atoms. The summed E-state index contributed by atoms with van der Waals surface area (Å²) in [4.78, 5) is 2.41. The van der Waals surface area contributed by atoms with E-state index in [1.54, 1.807) is 0 Å². The van der Waals surface area contributed by atoms with Crippen molar-refractivity contribution in [1.29, 1.82) is 0 Å². The smallest absolute Gasteiger partial charge is 0.0561 e. The summed E-state index contributed by atoms with van der Waals surface area (Å²) >= 11 is 0. The number of benzene rings is 9. The van der Waals surface area contributed by atoms with Crippen LogP contribution in [-0.2, 0) is 5.41 Å². The first kappa shape index (κ1) is 31.1. The summed E-state index contributed by atoms with van der Waals surface area (Å²) in [7, 11) is 0. The second kappa shape index (κ2) is 12.3. The lowest BCUT2D eigenvalue weighted by Crippen LogP contribution is -2.19. The maximum absolute atomic E-state index is 2.41. The predicted octanol–water partition coefficient (Wildman–Crippen LogP) is 14.0. The van der Waals surface area contributed by atoms with Gasteiger partial charge in [-0.25, -0.2) is 0 Å². The summed E-state index contributed by atoms with van der Waals surface area (Å²) in [5, 5.41) is 10.1. The van der Waals surface area contributed by atoms with Crippen LogP contribution in [0, 0.1) is 0 Å². The Hall–Kier alpha value is -6.64. The van der Waals surface area contributed by atoms with Gasteiger partial charge in [0, 0.05) is 38.9 Å². The monoisotopic (exact) mass is 678 g/mol. The molecule has 0 saturated carbocycles. The van der Waals surface area contributed by atoms with E-state index in [9.17, 15) is 0 Å². The fourth-order valence-corrected chi connectivity index (χ4v) is 8.40. The highest BCUT2D eigenvalue weighted by atomic mass is 15.1. The molecule has 0 aliphatic carbocycles. The Labute approximate surface area is 309 Å². The van der Waals surface area contributed by atoms with Gasteiger partial charge in [0.25, 0.3) is 0 Å². The molecular weight excluding hydrogens is 641 g/mol. The van der Waals surface area contributed by atoms with Crippen LogP contribution in [0.3, 0.4) is 0 Å². The van der Waals surface area contributed by atoms with Crippen molar-refractivity contribution in [3.8, 4) is 5.69 Å². The predicted molar refractivity (Wildman–Crippen MR) is 227 cm³/mol. The molecule has 0 fully saturated rings. The number of nitrogens with zero attached hydrogens (tertiary/aromatic N) is 2. The molecule has 0 aliphatic heterocycles. The van der Waals surface area contributed by atoms with Crippen LogP contribution in [0.5, 0.6) is 0 Å². The van der Waals surface area contributed by atoms with Crippen LogP contribution in [0.25, 0.3) is 59.8 Å². The molecule has 10 rings (SSSR count). The lowest BCUT2D eigenvalue weighted by Gasteiger charge is -2.29. The van der Waals surface area contributed by atoms with Gasteiger partial charge in [-0.3, -0.25) is 0 Å². The Morgan fingerprint density at radius 1 is 0.358 bits per heavy atom. The Morgan fingerprint density at radius 3 is 1.62 bits per heavy atom. The zero-order chi connectivity index (χ0) is 35.5. The third-order valence-corrected chi connectivity index (χ3v) is 11.3. The summed E-state index contributed by atoms with van der Waals surface area (Å²) in [6.07, 6.45) is 0. The molecule has 9 aromatic carbocycles. The first-order valence-corrected chi connectivity index (χ1v) is 18.4. The number of aromatic nitrogens is 1. The minimum Gasteiger partial charge on any atom is -0.310 e. The zero-order valence-electron chi connectivity index (χ0n) is 29.9. The van der Waals surface area contributed by atoms with Crippen molar-refractivity contribution in [2.45, 2.75) is 19.3 Å². The Morgan fingerprint density at radius 2 is 0.868 bits per heavy atom. The Kier molecular flexibility index (Phi) is 7.19. The fraction of sp³-hybridized carbons (Fsp3) is 0.0588. The number of fused-ring (bicyclic) bond motifs is 8. The normalized spacial score (nSPS) is 12.0. The third-order valence-electron chi connectivity index (χ3n) is 11.3. The van der Waals surface area contributed by atoms with E-state index in [2.05, 4.69) is 217 Å². The van der Waals surface area contributed by atoms with Gasteiger partial charge in [0.05, 0.1) is 11.0 Å². The molecule has 2 nitrogen and oxygen atoms in total. The minimum atomic E-state index is -0.131. The lowest BCUT2D eigenvalue weighted by molar-refractivity contribution is 0.641. The molecule has 0 aliphatic rings. The van der Waals surface area contributed by atoms with Crippen LogP contribution in [0.2, 0.25) is 0 Å². The van der Waals surface area contributed by atoms with Gasteiger partial charge in [-0.2, -0.15) is 0 Å². The van der Waals surface area contributed by atoms with Crippen LogP contribution in [0.4, 0.5) is 17.1 Å². The Bertz CT molecular complexity index is 2950. The zero-order valence-corrected chi connectivity index (χ0v) is 29.9. The van der Waals surface area contributed by atoms with Gasteiger partial charge in [0.2, 0.25) is 0 Å². The number of rotatable bonds is 6. The van der Waals surface area contributed by atoms with Gasteiger partial charge in [-0.1, -0.05) is 153 Å². The Balaban J connectivity index is 1.17. The molecule has 1 aromatic heterocycles. The highest BCUT2D eigenvalue weighted by Gasteiger charge is 2.24. The number of anilines is 3. The molecule has 0 unspecified atom stereocenters. The minimum absolute atomic E-state index is 0.131. The van der Waals surface area contributed by atoms with E-state index in [0.717, 1.165) is 22.7 Å². The summed E-state index contributed by atoms with van der Waals surface area (Å²) in [6.45, 7) is 4.62. The number of hydrogen-bond acceptors (Lipinski definition) is 1. The molecule has 0 atom stereocenters. The number of para-hydroxylation sites is 2. The summed E-state index contributed by atoms with van der Waals surface area (Å²) in [5.41, 5.74) is 9.34. The van der Waals surface area contributed by atoms with E-state index >= 15 is 0 Å². The van der Waals surface area contributed by atoms with E-state index in [4.69, 9.17) is 0 Å². The molecule has 252 valence electrons. The quantitative estimate of drug-likeness (QED) is 0.159. The van der Waals surface area contributed by atoms with Crippen LogP contribution in [0.1, 0.15) is 25.0 Å². The standard InChI is InChI=1S/C51H38N2/c1-51(2,37-14-5-3-6-15-37)38-23-25-40(26-24-38)52(41-27-31-44-36(33-41)22-30-45-43-18-10-9-13-35(43)21-29-46(44)45)42-28-32-48-47-19-11-12-20-49(47)53(50(48)34-42)39-16-7-4-8-17-39/h3-34H,1-2H3. The van der Waals surface area contributed by atoms with Crippen molar-refractivity contribution in [1.82, 2.24) is 4.57 Å². The summed E-state index contributed by atoms with van der Waals surface area (Å²) in [5.74, 6) is 0. The van der Waals surface area contributed by atoms with Gasteiger partial charge in [-0.05, 0) is 98.0 Å². The van der Waals surface area contributed by atoms with Gasteiger partial charge in [0.1, 0.15) is 0 Å². The van der Waals surface area contributed by atoms with Crippen molar-refractivity contribution < 1.29 is 0 Å². The second-order valence-electron chi connectivity index (χ2n) is 14.6. The van der Waals surface area contributed by atoms with Crippen LogP contribution in [0.15, 0.2) is 194 Å². The van der Waals surface area contributed by atoms with E-state index in [1.165, 1.54) is 65.3 Å². The number of hydrogen-bond donors (Lipinski definition) is 0. The first-order valence-electron chi connectivity index (χ1n) is 18.4. The van der Waals surface area contributed by atoms with Crippen molar-refractivity contribution in [3.63, 3.8) is 0 Å². The van der Waals surface area contributed by atoms with E-state index in [0.29, 0.717) is 0 Å². The molecular formula is C51H38N2. The highest BCUT2D eigenvalue weighted by molar-refractivity contribution is 6.18. The van der Waals surface area contributed by atoms with Crippen LogP contribution in [-0.4, -0.2) is 4.57 Å². The van der Waals surface area contributed by atoms with Gasteiger partial charge < -0.3 is 9.47 Å². The molecule has 53 heavy (non-hydrogen) atoms. The average molecular weight is 679 g/mol. The SMILES string of the molecule is CC(C)(c1ccccc1)c1ccc(N(c2ccc3c(ccc4c5ccccc5ccc34)c2)c2ccc3c4ccccc4n(-c4ccccc4)c3c2)cc1. The molecule has 0 radical (unpaired) electrons. The fourth-order valence-electron chi connectivity index (χ4n) is 8.40. The van der Waals surface area contributed by atoms with E-state index in [-0.39, 0.29) is 5.41 Å². The topological polar surface area (TPSA) is 8.17 Å². The van der Waals surface area contributed by atoms with E-state index < -0.39 is 0 Å². The molecule has 0 spiro atoms. The molecule has 0 N–H and O–H groups in total. The molecule has 1 heterocycles. The van der Waals surface area contributed by atoms with Gasteiger partial charge in [-0.15, -0.1) is 0 Å². The van der Waals surface area contributed by atoms with E-state index in [1.807, 2.05) is 0 Å². The molecule has 2 heteroatoms. The van der Waals surface area contributed by atoms with Crippen molar-refractivity contribution >= 4 is 71.2 Å². The molecule has 10 aromatic rings. The van der Waals surface area contributed by atoms with Crippen molar-refractivity contribution in [3.05, 3.63) is 205 Å². The highest BCUT2D eigenvalue weighted by Crippen LogP contribution is 2.42. The van der Waals surface area contributed by atoms with Gasteiger partial charge >= 0.3 is 0 Å². The van der Waals surface area contributed by atoms with Crippen LogP contribution < -0.4 is 4.90 Å². The van der Waals surface area contributed by atoms with Gasteiger partial charge in [0.15, 0.2) is 0 Å². The summed E-state index contributed by atoms with van der Waals surface area (Å²) in [6, 6.07) is 71.1. The molecule has 0 saturated heterocycles. The van der Waals surface area contributed by atoms with Crippen molar-refractivity contribution in [2.75, 3.05) is 4.90 Å². The maximum atomic E-state index is 2.41. The average Bonchev–Trinajstić information content (AvgIpc) is 3.55. The lowest BCUT2D eigenvalue weighted by atomic mass is 9.78. The maximum Gasteiger partial charge on any atom is 0.0561 e. The second-order valence-corrected chi connectivity index (χ2v) is 14.6. The summed E-state index contributed by atoms with van der Waals surface area (Å²) < 4.78 is 2.40. The van der Waals surface area contributed by atoms with Crippen LogP contribution >= 0.6 is 0 Å². The third kappa shape index (κ3) is 5.10. The first-order chi connectivity index (χ1) is 26.0. The van der Waals surface area contributed by atoms with Crippen molar-refractivity contribution in [2.24, 2.45) is 0 Å².